The van der Waals surface area contributed by atoms with Crippen LogP contribution in [0.1, 0.15) is 48.9 Å². The maximum Gasteiger partial charge on any atom is 0.253 e. The number of pyridine rings is 1. The van der Waals surface area contributed by atoms with Crippen molar-refractivity contribution < 1.29 is 14.3 Å². The maximum atomic E-state index is 13.3. The Balaban J connectivity index is 1.29. The van der Waals surface area contributed by atoms with E-state index >= 15 is 0 Å². The van der Waals surface area contributed by atoms with Crippen LogP contribution >= 0.6 is 0 Å². The Morgan fingerprint density at radius 2 is 1.89 bits per heavy atom. The van der Waals surface area contributed by atoms with Crippen LogP contribution in [0.25, 0.3) is 16.8 Å². The minimum atomic E-state index is -0.223. The van der Waals surface area contributed by atoms with Crippen LogP contribution in [0.4, 0.5) is 5.82 Å². The third-order valence-electron chi connectivity index (χ3n) is 6.85. The number of nitrogens with one attached hydrogen (secondary N) is 3. The van der Waals surface area contributed by atoms with Crippen molar-refractivity contribution in [3.63, 3.8) is 0 Å². The summed E-state index contributed by atoms with van der Waals surface area (Å²) in [5.41, 5.74) is 8.51. The number of hydrogen-bond acceptors (Lipinski definition) is 8. The third kappa shape index (κ3) is 4.76. The standard InChI is InChI=1S/C24H30N8O3/c1-35-20-11-14(8-10-27-20)19-12-17(21-22(25)28-13-29-32(19)21)23(33)30-15-4-6-16(7-5-15)31-24(34)18-3-2-9-26-18/h8,10-13,15-16,18,26H,2-7,9H2,1H3,(H,30,33)(H,31,34)(H2,25,28,29)/t15?,16?,18-/m1/s1. The molecule has 2 aliphatic rings. The molecule has 11 heteroatoms. The van der Waals surface area contributed by atoms with E-state index in [4.69, 9.17) is 10.5 Å². The zero-order chi connectivity index (χ0) is 24.4. The molecule has 0 spiro atoms. The van der Waals surface area contributed by atoms with Gasteiger partial charge in [0.2, 0.25) is 11.8 Å². The maximum absolute atomic E-state index is 13.3. The summed E-state index contributed by atoms with van der Waals surface area (Å²) in [4.78, 5) is 34.0. The zero-order valence-corrected chi connectivity index (χ0v) is 19.7. The quantitative estimate of drug-likeness (QED) is 0.414. The van der Waals surface area contributed by atoms with Crippen molar-refractivity contribution in [1.29, 1.82) is 0 Å². The normalized spacial score (nSPS) is 22.1. The van der Waals surface area contributed by atoms with Gasteiger partial charge in [0.25, 0.3) is 5.91 Å². The number of nitrogens with two attached hydrogens (primary N) is 1. The Labute approximate surface area is 202 Å². The van der Waals surface area contributed by atoms with Gasteiger partial charge in [0.1, 0.15) is 11.8 Å². The van der Waals surface area contributed by atoms with Gasteiger partial charge in [0.15, 0.2) is 5.82 Å². The summed E-state index contributed by atoms with van der Waals surface area (Å²) >= 11 is 0. The average molecular weight is 479 g/mol. The number of nitrogens with zero attached hydrogens (tertiary/aromatic N) is 4. The Kier molecular flexibility index (Phi) is 6.49. The lowest BCUT2D eigenvalue weighted by Gasteiger charge is -2.30. The van der Waals surface area contributed by atoms with Crippen LogP contribution in [-0.4, -0.2) is 63.2 Å². The van der Waals surface area contributed by atoms with E-state index in [0.29, 0.717) is 22.7 Å². The molecule has 184 valence electrons. The zero-order valence-electron chi connectivity index (χ0n) is 19.7. The predicted octanol–water partition coefficient (Wildman–Crippen LogP) is 1.29. The number of carbonyl (C=O) groups excluding carboxylic acids is 2. The monoisotopic (exact) mass is 478 g/mol. The molecule has 1 aliphatic heterocycles. The number of hydrogen-bond donors (Lipinski definition) is 4. The molecule has 3 aromatic heterocycles. The van der Waals surface area contributed by atoms with Crippen molar-refractivity contribution >= 4 is 23.1 Å². The first-order chi connectivity index (χ1) is 17.0. The van der Waals surface area contributed by atoms with Gasteiger partial charge >= 0.3 is 0 Å². The second-order valence-electron chi connectivity index (χ2n) is 9.12. The summed E-state index contributed by atoms with van der Waals surface area (Å²) in [6.07, 6.45) is 8.17. The van der Waals surface area contributed by atoms with Crippen molar-refractivity contribution in [3.05, 3.63) is 36.3 Å². The molecule has 5 rings (SSSR count). The van der Waals surface area contributed by atoms with E-state index in [2.05, 4.69) is 31.0 Å². The highest BCUT2D eigenvalue weighted by Gasteiger charge is 2.29. The molecule has 5 N–H and O–H groups in total. The predicted molar refractivity (Wildman–Crippen MR) is 130 cm³/mol. The number of ether oxygens (including phenoxy) is 1. The lowest BCUT2D eigenvalue weighted by molar-refractivity contribution is -0.123. The number of rotatable bonds is 6. The van der Waals surface area contributed by atoms with Crippen molar-refractivity contribution in [1.82, 2.24) is 35.5 Å². The lowest BCUT2D eigenvalue weighted by Crippen LogP contribution is -2.48. The number of anilines is 1. The number of fused-ring (bicyclic) bond motifs is 1. The van der Waals surface area contributed by atoms with Crippen LogP contribution in [0.5, 0.6) is 5.88 Å². The van der Waals surface area contributed by atoms with Gasteiger partial charge in [-0.15, -0.1) is 0 Å². The van der Waals surface area contributed by atoms with Crippen LogP contribution in [0.3, 0.4) is 0 Å². The minimum absolute atomic E-state index is 0.0190. The molecule has 1 atom stereocenters. The molecule has 35 heavy (non-hydrogen) atoms. The van der Waals surface area contributed by atoms with Crippen molar-refractivity contribution in [3.8, 4) is 17.1 Å². The van der Waals surface area contributed by atoms with E-state index in [-0.39, 0.29) is 35.8 Å². The largest absolute Gasteiger partial charge is 0.481 e. The highest BCUT2D eigenvalue weighted by atomic mass is 16.5. The molecule has 2 amide bonds. The van der Waals surface area contributed by atoms with Gasteiger partial charge < -0.3 is 26.4 Å². The SMILES string of the molecule is COc1cc(-c2cc(C(=O)NC3CCC(NC(=O)[C@H]4CCCN4)CC3)c3c(N)ncnn23)ccn1. The van der Waals surface area contributed by atoms with E-state index in [1.54, 1.807) is 30.0 Å². The minimum Gasteiger partial charge on any atom is -0.481 e. The molecule has 3 aromatic rings. The second-order valence-corrected chi connectivity index (χ2v) is 9.12. The van der Waals surface area contributed by atoms with E-state index in [1.807, 2.05) is 6.07 Å². The molecule has 0 radical (unpaired) electrons. The molecule has 1 saturated carbocycles. The van der Waals surface area contributed by atoms with Gasteiger partial charge in [-0.2, -0.15) is 5.10 Å². The van der Waals surface area contributed by atoms with E-state index in [0.717, 1.165) is 50.6 Å². The van der Waals surface area contributed by atoms with Crippen molar-refractivity contribution in [2.45, 2.75) is 56.7 Å². The molecule has 1 aliphatic carbocycles. The van der Waals surface area contributed by atoms with Crippen LogP contribution < -0.4 is 26.4 Å². The highest BCUT2D eigenvalue weighted by Crippen LogP contribution is 2.29. The van der Waals surface area contributed by atoms with Crippen molar-refractivity contribution in [2.24, 2.45) is 0 Å². The fourth-order valence-corrected chi connectivity index (χ4v) is 4.98. The summed E-state index contributed by atoms with van der Waals surface area (Å²) in [6.45, 7) is 0.900. The van der Waals surface area contributed by atoms with Crippen LogP contribution in [0.2, 0.25) is 0 Å². The number of methoxy groups -OCH3 is 1. The fourth-order valence-electron chi connectivity index (χ4n) is 4.98. The fraction of sp³-hybridized carbons (Fsp3) is 0.458. The molecule has 4 heterocycles. The highest BCUT2D eigenvalue weighted by molar-refractivity contribution is 6.05. The van der Waals surface area contributed by atoms with Gasteiger partial charge in [-0.25, -0.2) is 14.5 Å². The summed E-state index contributed by atoms with van der Waals surface area (Å²) < 4.78 is 6.86. The van der Waals surface area contributed by atoms with Crippen LogP contribution in [0, 0.1) is 0 Å². The third-order valence-corrected chi connectivity index (χ3v) is 6.85. The summed E-state index contributed by atoms with van der Waals surface area (Å²) in [5.74, 6) is 0.548. The molecule has 11 nitrogen and oxygen atoms in total. The summed E-state index contributed by atoms with van der Waals surface area (Å²) in [7, 11) is 1.55. The number of nitrogen functional groups attached to an aromatic ring is 1. The Morgan fingerprint density at radius 3 is 2.60 bits per heavy atom. The number of carbonyl (C=O) groups is 2. The molecule has 0 bridgehead atoms. The molecular formula is C24H30N8O3. The number of amides is 2. The van der Waals surface area contributed by atoms with Crippen LogP contribution in [0.15, 0.2) is 30.7 Å². The van der Waals surface area contributed by atoms with Gasteiger partial charge in [0, 0.05) is 29.9 Å². The van der Waals surface area contributed by atoms with Gasteiger partial charge in [0.05, 0.1) is 24.4 Å². The molecule has 0 aromatic carbocycles. The summed E-state index contributed by atoms with van der Waals surface area (Å²) in [6, 6.07) is 5.46. The topological polar surface area (TPSA) is 149 Å². The molecule has 2 fully saturated rings. The lowest BCUT2D eigenvalue weighted by atomic mass is 9.90. The van der Waals surface area contributed by atoms with E-state index in [1.165, 1.54) is 6.33 Å². The molecular weight excluding hydrogens is 448 g/mol. The molecule has 1 saturated heterocycles. The van der Waals surface area contributed by atoms with Gasteiger partial charge in [-0.05, 0) is 57.2 Å². The van der Waals surface area contributed by atoms with Gasteiger partial charge in [-0.1, -0.05) is 0 Å². The smallest absolute Gasteiger partial charge is 0.253 e. The van der Waals surface area contributed by atoms with Gasteiger partial charge in [-0.3, -0.25) is 9.59 Å². The van der Waals surface area contributed by atoms with Crippen molar-refractivity contribution in [2.75, 3.05) is 19.4 Å². The first kappa shape index (κ1) is 23.0. The van der Waals surface area contributed by atoms with E-state index in [9.17, 15) is 9.59 Å². The Hall–Kier alpha value is -3.73. The van der Waals surface area contributed by atoms with E-state index < -0.39 is 0 Å². The average Bonchev–Trinajstić information content (AvgIpc) is 3.55. The second kappa shape index (κ2) is 9.87. The first-order valence-electron chi connectivity index (χ1n) is 12.0. The summed E-state index contributed by atoms with van der Waals surface area (Å²) in [5, 5.41) is 13.9. The first-order valence-corrected chi connectivity index (χ1v) is 12.0. The van der Waals surface area contributed by atoms with Crippen LogP contribution in [-0.2, 0) is 4.79 Å². The Bertz CT molecular complexity index is 1230. The Morgan fingerprint density at radius 1 is 1.11 bits per heavy atom. The number of aromatic nitrogens is 4. The molecule has 0 unspecified atom stereocenters.